The van der Waals surface area contributed by atoms with Gasteiger partial charge in [-0.15, -0.1) is 0 Å². The van der Waals surface area contributed by atoms with Gasteiger partial charge in [-0.25, -0.2) is 4.39 Å². The fraction of sp³-hybridized carbons (Fsp3) is 0.333. The molecule has 2 aromatic carbocycles. The average Bonchev–Trinajstić information content (AvgIpc) is 3.14. The van der Waals surface area contributed by atoms with E-state index in [2.05, 4.69) is 0 Å². The molecule has 0 atom stereocenters. The molecule has 140 valence electrons. The van der Waals surface area contributed by atoms with E-state index < -0.39 is 0 Å². The Morgan fingerprint density at radius 1 is 0.926 bits per heavy atom. The highest BCUT2D eigenvalue weighted by molar-refractivity contribution is 5.99. The van der Waals surface area contributed by atoms with Crippen molar-refractivity contribution in [2.75, 3.05) is 42.5 Å². The number of halogens is 1. The molecular weight excluding hydrogens is 345 g/mol. The maximum Gasteiger partial charge on any atom is 0.254 e. The summed E-state index contributed by atoms with van der Waals surface area (Å²) in [6.45, 7) is 2.98. The highest BCUT2D eigenvalue weighted by Crippen LogP contribution is 2.24. The molecule has 0 bridgehead atoms. The monoisotopic (exact) mass is 367 g/mol. The van der Waals surface area contributed by atoms with Crippen LogP contribution in [0.4, 0.5) is 15.8 Å². The highest BCUT2D eigenvalue weighted by atomic mass is 19.1. The van der Waals surface area contributed by atoms with Gasteiger partial charge in [0, 0.05) is 50.4 Å². The van der Waals surface area contributed by atoms with Gasteiger partial charge in [0.1, 0.15) is 5.82 Å². The fourth-order valence-corrected chi connectivity index (χ4v) is 3.77. The van der Waals surface area contributed by atoms with Crippen molar-refractivity contribution in [1.82, 2.24) is 4.90 Å². The molecule has 6 heteroatoms. The number of hydrogen-bond acceptors (Lipinski definition) is 3. The van der Waals surface area contributed by atoms with Crippen molar-refractivity contribution < 1.29 is 14.0 Å². The standard InChI is InChI=1S/C21H22FN3O2/c22-18-7-1-2-8-19(18)23-11-13-24(14-12-23)21(27)16-5-3-6-17(15-16)25-10-4-9-20(25)26/h1-3,5-8,15H,4,9-14H2. The van der Waals surface area contributed by atoms with Crippen LogP contribution >= 0.6 is 0 Å². The summed E-state index contributed by atoms with van der Waals surface area (Å²) in [7, 11) is 0. The third-order valence-electron chi connectivity index (χ3n) is 5.24. The molecule has 0 radical (unpaired) electrons. The van der Waals surface area contributed by atoms with E-state index in [4.69, 9.17) is 0 Å². The maximum atomic E-state index is 14.0. The lowest BCUT2D eigenvalue weighted by molar-refractivity contribution is -0.117. The van der Waals surface area contributed by atoms with Crippen LogP contribution in [0, 0.1) is 5.82 Å². The summed E-state index contributed by atoms with van der Waals surface area (Å²) in [6.07, 6.45) is 1.42. The number of anilines is 2. The summed E-state index contributed by atoms with van der Waals surface area (Å²) in [5.74, 6) is -0.171. The van der Waals surface area contributed by atoms with Gasteiger partial charge in [0.25, 0.3) is 5.91 Å². The van der Waals surface area contributed by atoms with Crippen LogP contribution in [-0.2, 0) is 4.79 Å². The number of piperazine rings is 1. The van der Waals surface area contributed by atoms with Crippen molar-refractivity contribution in [3.05, 3.63) is 59.9 Å². The van der Waals surface area contributed by atoms with E-state index in [1.165, 1.54) is 6.07 Å². The number of amides is 2. The van der Waals surface area contributed by atoms with Crippen LogP contribution in [0.2, 0.25) is 0 Å². The van der Waals surface area contributed by atoms with Crippen molar-refractivity contribution in [2.45, 2.75) is 12.8 Å². The van der Waals surface area contributed by atoms with E-state index in [9.17, 15) is 14.0 Å². The van der Waals surface area contributed by atoms with Crippen molar-refractivity contribution in [1.29, 1.82) is 0 Å². The number of carbonyl (C=O) groups is 2. The number of para-hydroxylation sites is 1. The lowest BCUT2D eigenvalue weighted by atomic mass is 10.1. The molecule has 2 fully saturated rings. The Hall–Kier alpha value is -2.89. The largest absolute Gasteiger partial charge is 0.366 e. The third-order valence-corrected chi connectivity index (χ3v) is 5.24. The van der Waals surface area contributed by atoms with E-state index in [0.29, 0.717) is 50.4 Å². The quantitative estimate of drug-likeness (QED) is 0.838. The molecule has 2 heterocycles. The van der Waals surface area contributed by atoms with Gasteiger partial charge in [-0.3, -0.25) is 9.59 Å². The second kappa shape index (κ2) is 7.39. The highest BCUT2D eigenvalue weighted by Gasteiger charge is 2.25. The summed E-state index contributed by atoms with van der Waals surface area (Å²) >= 11 is 0. The number of carbonyl (C=O) groups excluding carboxylic acids is 2. The first-order valence-corrected chi connectivity index (χ1v) is 9.33. The zero-order chi connectivity index (χ0) is 18.8. The molecule has 2 amide bonds. The van der Waals surface area contributed by atoms with Crippen LogP contribution in [0.15, 0.2) is 48.5 Å². The summed E-state index contributed by atoms with van der Waals surface area (Å²) in [6, 6.07) is 14.0. The van der Waals surface area contributed by atoms with Crippen LogP contribution < -0.4 is 9.80 Å². The van der Waals surface area contributed by atoms with Crippen LogP contribution in [-0.4, -0.2) is 49.4 Å². The average molecular weight is 367 g/mol. The Labute approximate surface area is 158 Å². The Morgan fingerprint density at radius 3 is 2.41 bits per heavy atom. The molecule has 0 aliphatic carbocycles. The third kappa shape index (κ3) is 3.52. The minimum Gasteiger partial charge on any atom is -0.366 e. The number of hydrogen-bond donors (Lipinski definition) is 0. The van der Waals surface area contributed by atoms with E-state index in [0.717, 1.165) is 12.1 Å². The first kappa shape index (κ1) is 17.5. The molecule has 0 unspecified atom stereocenters. The van der Waals surface area contributed by atoms with Crippen LogP contribution in [0.25, 0.3) is 0 Å². The van der Waals surface area contributed by atoms with Gasteiger partial charge >= 0.3 is 0 Å². The van der Waals surface area contributed by atoms with Crippen molar-refractivity contribution in [3.63, 3.8) is 0 Å². The lowest BCUT2D eigenvalue weighted by Crippen LogP contribution is -2.49. The molecule has 27 heavy (non-hydrogen) atoms. The number of benzene rings is 2. The van der Waals surface area contributed by atoms with E-state index in [1.807, 2.05) is 23.1 Å². The Morgan fingerprint density at radius 2 is 1.70 bits per heavy atom. The number of nitrogens with zero attached hydrogens (tertiary/aromatic N) is 3. The number of rotatable bonds is 3. The predicted octanol–water partition coefficient (Wildman–Crippen LogP) is 2.91. The second-order valence-electron chi connectivity index (χ2n) is 6.93. The summed E-state index contributed by atoms with van der Waals surface area (Å²) in [5, 5.41) is 0. The maximum absolute atomic E-state index is 14.0. The zero-order valence-corrected chi connectivity index (χ0v) is 15.1. The minimum atomic E-state index is -0.236. The smallest absolute Gasteiger partial charge is 0.254 e. The van der Waals surface area contributed by atoms with Gasteiger partial charge in [0.2, 0.25) is 5.91 Å². The lowest BCUT2D eigenvalue weighted by Gasteiger charge is -2.36. The van der Waals surface area contributed by atoms with Gasteiger partial charge < -0.3 is 14.7 Å². The molecule has 2 aliphatic heterocycles. The van der Waals surface area contributed by atoms with E-state index in [1.54, 1.807) is 34.1 Å². The molecule has 2 aromatic rings. The topological polar surface area (TPSA) is 43.9 Å². The Kier molecular flexibility index (Phi) is 4.79. The molecular formula is C21H22FN3O2. The first-order chi connectivity index (χ1) is 13.1. The van der Waals surface area contributed by atoms with Crippen LogP contribution in [0.1, 0.15) is 23.2 Å². The van der Waals surface area contributed by atoms with Crippen LogP contribution in [0.5, 0.6) is 0 Å². The van der Waals surface area contributed by atoms with E-state index in [-0.39, 0.29) is 17.6 Å². The second-order valence-corrected chi connectivity index (χ2v) is 6.93. The van der Waals surface area contributed by atoms with Gasteiger partial charge in [0.15, 0.2) is 0 Å². The first-order valence-electron chi connectivity index (χ1n) is 9.33. The molecule has 0 N–H and O–H groups in total. The molecule has 0 saturated carbocycles. The van der Waals surface area contributed by atoms with Crippen molar-refractivity contribution >= 4 is 23.2 Å². The van der Waals surface area contributed by atoms with Gasteiger partial charge in [-0.05, 0) is 36.8 Å². The fourth-order valence-electron chi connectivity index (χ4n) is 3.77. The van der Waals surface area contributed by atoms with Gasteiger partial charge in [0.05, 0.1) is 5.69 Å². The molecule has 4 rings (SSSR count). The summed E-state index contributed by atoms with van der Waals surface area (Å²) < 4.78 is 14.0. The summed E-state index contributed by atoms with van der Waals surface area (Å²) in [4.78, 5) is 30.3. The minimum absolute atomic E-state index is 0.0447. The predicted molar refractivity (Wildman–Crippen MR) is 103 cm³/mol. The van der Waals surface area contributed by atoms with Gasteiger partial charge in [-0.2, -0.15) is 0 Å². The summed E-state index contributed by atoms with van der Waals surface area (Å²) in [5.41, 5.74) is 1.96. The molecule has 0 spiro atoms. The normalized spacial score (nSPS) is 17.5. The van der Waals surface area contributed by atoms with Crippen LogP contribution in [0.3, 0.4) is 0 Å². The molecule has 2 aliphatic rings. The van der Waals surface area contributed by atoms with E-state index >= 15 is 0 Å². The Balaban J connectivity index is 1.44. The SMILES string of the molecule is O=C(c1cccc(N2CCCC2=O)c1)N1CCN(c2ccccc2F)CC1. The molecule has 0 aromatic heterocycles. The van der Waals surface area contributed by atoms with Crippen molar-refractivity contribution in [2.24, 2.45) is 0 Å². The molecule has 2 saturated heterocycles. The zero-order valence-electron chi connectivity index (χ0n) is 15.1. The van der Waals surface area contributed by atoms with Crippen molar-refractivity contribution in [3.8, 4) is 0 Å². The molecule has 5 nitrogen and oxygen atoms in total. The van der Waals surface area contributed by atoms with Gasteiger partial charge in [-0.1, -0.05) is 18.2 Å². The Bertz CT molecular complexity index is 862.